The molecule has 1 saturated heterocycles. The molecule has 0 saturated carbocycles. The molecular weight excluding hydrogens is 200 g/mol. The van der Waals surface area contributed by atoms with Crippen molar-refractivity contribution in [3.8, 4) is 0 Å². The minimum atomic E-state index is 0.273. The molecule has 0 radical (unpaired) electrons. The molecule has 1 amide bonds. The van der Waals surface area contributed by atoms with E-state index in [4.69, 9.17) is 0 Å². The van der Waals surface area contributed by atoms with E-state index in [2.05, 4.69) is 26.1 Å². The van der Waals surface area contributed by atoms with Gasteiger partial charge in [-0.25, -0.2) is 0 Å². The second-order valence-corrected chi connectivity index (χ2v) is 5.00. The van der Waals surface area contributed by atoms with Gasteiger partial charge in [-0.15, -0.1) is 0 Å². The van der Waals surface area contributed by atoms with Crippen LogP contribution in [0.1, 0.15) is 46.5 Å². The number of nitrogens with zero attached hydrogens (tertiary/aromatic N) is 1. The molecule has 0 aliphatic carbocycles. The molecule has 0 aromatic rings. The van der Waals surface area contributed by atoms with Crippen molar-refractivity contribution in [1.82, 2.24) is 10.2 Å². The van der Waals surface area contributed by atoms with Gasteiger partial charge in [0.2, 0.25) is 5.91 Å². The maximum absolute atomic E-state index is 11.9. The largest absolute Gasteiger partial charge is 0.342 e. The minimum Gasteiger partial charge on any atom is -0.342 e. The van der Waals surface area contributed by atoms with Crippen LogP contribution in [0.2, 0.25) is 0 Å². The monoisotopic (exact) mass is 226 g/mol. The smallest absolute Gasteiger partial charge is 0.236 e. The van der Waals surface area contributed by atoms with Gasteiger partial charge in [0.05, 0.1) is 6.54 Å². The number of nitrogens with one attached hydrogen (secondary N) is 1. The standard InChI is InChI=1S/C13H26N2O/c1-4-11(2)12(3)14-10-13(16)15-8-6-5-7-9-15/h11-12,14H,4-10H2,1-3H3. The highest BCUT2D eigenvalue weighted by Gasteiger charge is 2.17. The van der Waals surface area contributed by atoms with E-state index < -0.39 is 0 Å². The first-order valence-corrected chi connectivity index (χ1v) is 6.66. The van der Waals surface area contributed by atoms with E-state index in [1.165, 1.54) is 19.3 Å². The lowest BCUT2D eigenvalue weighted by Gasteiger charge is -2.28. The number of amides is 1. The van der Waals surface area contributed by atoms with Crippen LogP contribution in [-0.4, -0.2) is 36.5 Å². The maximum Gasteiger partial charge on any atom is 0.236 e. The van der Waals surface area contributed by atoms with Crippen molar-refractivity contribution >= 4 is 5.91 Å². The summed E-state index contributed by atoms with van der Waals surface area (Å²) in [5.74, 6) is 0.906. The number of likely N-dealkylation sites (tertiary alicyclic amines) is 1. The first-order chi connectivity index (χ1) is 7.65. The summed E-state index contributed by atoms with van der Waals surface area (Å²) >= 11 is 0. The zero-order valence-electron chi connectivity index (χ0n) is 11.0. The molecule has 0 spiro atoms. The predicted octanol–water partition coefficient (Wildman–Crippen LogP) is 2.02. The molecule has 1 aliphatic rings. The number of rotatable bonds is 5. The van der Waals surface area contributed by atoms with Gasteiger partial charge in [-0.2, -0.15) is 0 Å². The zero-order valence-corrected chi connectivity index (χ0v) is 11.0. The van der Waals surface area contributed by atoms with Crippen molar-refractivity contribution in [2.45, 2.75) is 52.5 Å². The molecule has 94 valence electrons. The quantitative estimate of drug-likeness (QED) is 0.778. The SMILES string of the molecule is CCC(C)C(C)NCC(=O)N1CCCCC1. The maximum atomic E-state index is 11.9. The third-order valence-corrected chi connectivity index (χ3v) is 3.78. The van der Waals surface area contributed by atoms with Crippen molar-refractivity contribution in [3.63, 3.8) is 0 Å². The summed E-state index contributed by atoms with van der Waals surface area (Å²) in [5, 5.41) is 3.34. The lowest BCUT2D eigenvalue weighted by Crippen LogP contribution is -2.44. The Bertz CT molecular complexity index is 212. The topological polar surface area (TPSA) is 32.3 Å². The van der Waals surface area contributed by atoms with Crippen molar-refractivity contribution in [2.24, 2.45) is 5.92 Å². The van der Waals surface area contributed by atoms with E-state index >= 15 is 0 Å². The molecule has 0 aromatic heterocycles. The van der Waals surface area contributed by atoms with Crippen molar-refractivity contribution in [2.75, 3.05) is 19.6 Å². The lowest BCUT2D eigenvalue weighted by atomic mass is 10.0. The second-order valence-electron chi connectivity index (χ2n) is 5.00. The third-order valence-electron chi connectivity index (χ3n) is 3.78. The van der Waals surface area contributed by atoms with Gasteiger partial charge in [0.15, 0.2) is 0 Å². The van der Waals surface area contributed by atoms with E-state index in [0.29, 0.717) is 18.5 Å². The van der Waals surface area contributed by atoms with Crippen molar-refractivity contribution in [3.05, 3.63) is 0 Å². The van der Waals surface area contributed by atoms with Crippen LogP contribution in [0.3, 0.4) is 0 Å². The number of hydrogen-bond acceptors (Lipinski definition) is 2. The van der Waals surface area contributed by atoms with E-state index in [-0.39, 0.29) is 5.91 Å². The van der Waals surface area contributed by atoms with E-state index in [0.717, 1.165) is 19.5 Å². The first-order valence-electron chi connectivity index (χ1n) is 6.66. The molecule has 1 rings (SSSR count). The Morgan fingerprint density at radius 2 is 1.88 bits per heavy atom. The molecule has 2 unspecified atom stereocenters. The van der Waals surface area contributed by atoms with Crippen LogP contribution in [0.15, 0.2) is 0 Å². The van der Waals surface area contributed by atoms with E-state index in [1.807, 2.05) is 4.90 Å². The average Bonchev–Trinajstić information content (AvgIpc) is 2.35. The minimum absolute atomic E-state index is 0.273. The summed E-state index contributed by atoms with van der Waals surface area (Å²) < 4.78 is 0. The molecule has 16 heavy (non-hydrogen) atoms. The van der Waals surface area contributed by atoms with Gasteiger partial charge in [-0.05, 0) is 32.1 Å². The van der Waals surface area contributed by atoms with E-state index in [9.17, 15) is 4.79 Å². The van der Waals surface area contributed by atoms with Gasteiger partial charge >= 0.3 is 0 Å². The number of piperidine rings is 1. The van der Waals surface area contributed by atoms with Crippen LogP contribution in [0.25, 0.3) is 0 Å². The van der Waals surface area contributed by atoms with E-state index in [1.54, 1.807) is 0 Å². The Labute approximate surface area is 99.6 Å². The summed E-state index contributed by atoms with van der Waals surface area (Å²) in [5.41, 5.74) is 0. The fraction of sp³-hybridized carbons (Fsp3) is 0.923. The van der Waals surface area contributed by atoms with Crippen LogP contribution < -0.4 is 5.32 Å². The second kappa shape index (κ2) is 6.89. The molecule has 2 atom stereocenters. The summed E-state index contributed by atoms with van der Waals surface area (Å²) in [6.45, 7) is 9.00. The highest BCUT2D eigenvalue weighted by molar-refractivity contribution is 5.78. The highest BCUT2D eigenvalue weighted by Crippen LogP contribution is 2.09. The molecule has 1 fully saturated rings. The number of carbonyl (C=O) groups is 1. The molecule has 3 nitrogen and oxygen atoms in total. The van der Waals surface area contributed by atoms with Crippen molar-refractivity contribution in [1.29, 1.82) is 0 Å². The van der Waals surface area contributed by atoms with Gasteiger partial charge in [-0.3, -0.25) is 4.79 Å². The molecule has 1 aliphatic heterocycles. The summed E-state index contributed by atoms with van der Waals surface area (Å²) in [7, 11) is 0. The fourth-order valence-electron chi connectivity index (χ4n) is 2.06. The van der Waals surface area contributed by atoms with Gasteiger partial charge < -0.3 is 10.2 Å². The van der Waals surface area contributed by atoms with Crippen LogP contribution in [0.5, 0.6) is 0 Å². The Balaban J connectivity index is 2.23. The molecule has 0 bridgehead atoms. The Morgan fingerprint density at radius 3 is 2.44 bits per heavy atom. The zero-order chi connectivity index (χ0) is 12.0. The average molecular weight is 226 g/mol. The van der Waals surface area contributed by atoms with Gasteiger partial charge in [0, 0.05) is 19.1 Å². The summed E-state index contributed by atoms with van der Waals surface area (Å²) in [6.07, 6.45) is 4.78. The number of carbonyl (C=O) groups excluding carboxylic acids is 1. The van der Waals surface area contributed by atoms with Crippen LogP contribution in [0.4, 0.5) is 0 Å². The van der Waals surface area contributed by atoms with Crippen molar-refractivity contribution < 1.29 is 4.79 Å². The molecule has 1 N–H and O–H groups in total. The van der Waals surface area contributed by atoms with Gasteiger partial charge in [-0.1, -0.05) is 20.3 Å². The van der Waals surface area contributed by atoms with Gasteiger partial charge in [0.1, 0.15) is 0 Å². The highest BCUT2D eigenvalue weighted by atomic mass is 16.2. The Kier molecular flexibility index (Phi) is 5.81. The summed E-state index contributed by atoms with van der Waals surface area (Å²) in [6, 6.07) is 0.429. The summed E-state index contributed by atoms with van der Waals surface area (Å²) in [4.78, 5) is 13.9. The van der Waals surface area contributed by atoms with Crippen LogP contribution in [0, 0.1) is 5.92 Å². The Hall–Kier alpha value is -0.570. The third kappa shape index (κ3) is 4.12. The normalized spacial score (nSPS) is 20.6. The van der Waals surface area contributed by atoms with Crippen LogP contribution in [-0.2, 0) is 4.79 Å². The van der Waals surface area contributed by atoms with Gasteiger partial charge in [0.25, 0.3) is 0 Å². The molecular formula is C13H26N2O. The number of hydrogen-bond donors (Lipinski definition) is 1. The Morgan fingerprint density at radius 1 is 1.25 bits per heavy atom. The predicted molar refractivity (Wildman–Crippen MR) is 67.4 cm³/mol. The lowest BCUT2D eigenvalue weighted by molar-refractivity contribution is -0.131. The molecule has 3 heteroatoms. The van der Waals surface area contributed by atoms with Crippen LogP contribution >= 0.6 is 0 Å². The molecule has 1 heterocycles. The fourth-order valence-corrected chi connectivity index (χ4v) is 2.06. The first kappa shape index (κ1) is 13.5. The molecule has 0 aromatic carbocycles.